The minimum absolute atomic E-state index is 0.0319. The monoisotopic (exact) mass is 266 g/mol. The molecule has 0 aromatic rings. The molecule has 0 radical (unpaired) electrons. The molecular formula is C14H22N2O3. The fourth-order valence-corrected chi connectivity index (χ4v) is 2.91. The molecule has 0 aromatic heterocycles. The highest BCUT2D eigenvalue weighted by Crippen LogP contribution is 2.31. The smallest absolute Gasteiger partial charge is 0.249 e. The first-order valence-corrected chi connectivity index (χ1v) is 7.45. The van der Waals surface area contributed by atoms with Gasteiger partial charge in [-0.05, 0) is 38.5 Å². The molecule has 2 saturated heterocycles. The molecule has 1 unspecified atom stereocenters. The Labute approximate surface area is 113 Å². The predicted molar refractivity (Wildman–Crippen MR) is 69.4 cm³/mol. The summed E-state index contributed by atoms with van der Waals surface area (Å²) in [5, 5.41) is 3.06. The fourth-order valence-electron chi connectivity index (χ4n) is 2.91. The van der Waals surface area contributed by atoms with Gasteiger partial charge in [-0.25, -0.2) is 0 Å². The van der Waals surface area contributed by atoms with E-state index in [-0.39, 0.29) is 18.1 Å². The largest absolute Gasteiger partial charge is 0.368 e. The number of rotatable bonds is 3. The normalized spacial score (nSPS) is 28.4. The molecule has 0 spiro atoms. The molecule has 3 aliphatic rings. The molecule has 5 heteroatoms. The van der Waals surface area contributed by atoms with E-state index in [0.717, 1.165) is 51.6 Å². The highest BCUT2D eigenvalue weighted by molar-refractivity contribution is 5.82. The number of amides is 2. The number of nitrogens with one attached hydrogen (secondary N) is 1. The van der Waals surface area contributed by atoms with Gasteiger partial charge in [0, 0.05) is 31.7 Å². The number of hydrogen-bond donors (Lipinski definition) is 1. The molecule has 2 amide bonds. The van der Waals surface area contributed by atoms with E-state index >= 15 is 0 Å². The number of ether oxygens (including phenoxy) is 1. The minimum Gasteiger partial charge on any atom is -0.368 e. The molecule has 2 aliphatic heterocycles. The van der Waals surface area contributed by atoms with Crippen molar-refractivity contribution < 1.29 is 14.3 Å². The third-order valence-electron chi connectivity index (χ3n) is 4.30. The number of piperidine rings is 1. The lowest BCUT2D eigenvalue weighted by Gasteiger charge is -2.33. The molecule has 3 fully saturated rings. The fraction of sp³-hybridized carbons (Fsp3) is 0.857. The topological polar surface area (TPSA) is 58.6 Å². The third kappa shape index (κ3) is 3.08. The Bertz CT molecular complexity index is 354. The van der Waals surface area contributed by atoms with Crippen molar-refractivity contribution in [1.82, 2.24) is 10.2 Å². The second-order valence-electron chi connectivity index (χ2n) is 5.88. The molecule has 19 heavy (non-hydrogen) atoms. The van der Waals surface area contributed by atoms with Crippen LogP contribution in [0.2, 0.25) is 0 Å². The summed E-state index contributed by atoms with van der Waals surface area (Å²) in [6.07, 6.45) is 5.44. The molecule has 0 bridgehead atoms. The Morgan fingerprint density at radius 2 is 1.79 bits per heavy atom. The summed E-state index contributed by atoms with van der Waals surface area (Å²) < 4.78 is 5.38. The van der Waals surface area contributed by atoms with E-state index in [1.807, 2.05) is 4.90 Å². The summed E-state index contributed by atoms with van der Waals surface area (Å²) in [5.74, 6) is 0.659. The van der Waals surface area contributed by atoms with Crippen LogP contribution in [0.5, 0.6) is 0 Å². The van der Waals surface area contributed by atoms with Crippen LogP contribution in [0.25, 0.3) is 0 Å². The second kappa shape index (κ2) is 5.49. The molecule has 2 heterocycles. The zero-order valence-corrected chi connectivity index (χ0v) is 11.3. The van der Waals surface area contributed by atoms with E-state index in [1.165, 1.54) is 0 Å². The minimum atomic E-state index is -0.244. The number of carbonyl (C=O) groups is 2. The highest BCUT2D eigenvalue weighted by Gasteiger charge is 2.35. The van der Waals surface area contributed by atoms with E-state index in [0.29, 0.717) is 18.4 Å². The molecule has 106 valence electrons. The standard InChI is InChI=1S/C14H22N2O3/c17-13(12-2-1-9-19-12)15-11-5-7-16(8-6-11)14(18)10-3-4-10/h10-12H,1-9H2,(H,15,17). The van der Waals surface area contributed by atoms with Crippen LogP contribution in [-0.2, 0) is 14.3 Å². The maximum Gasteiger partial charge on any atom is 0.249 e. The van der Waals surface area contributed by atoms with Crippen molar-refractivity contribution in [3.8, 4) is 0 Å². The van der Waals surface area contributed by atoms with Crippen molar-refractivity contribution in [3.63, 3.8) is 0 Å². The quantitative estimate of drug-likeness (QED) is 0.817. The van der Waals surface area contributed by atoms with Gasteiger partial charge in [0.15, 0.2) is 0 Å². The van der Waals surface area contributed by atoms with Crippen LogP contribution in [0.15, 0.2) is 0 Å². The molecule has 3 rings (SSSR count). The summed E-state index contributed by atoms with van der Waals surface area (Å²) >= 11 is 0. The zero-order valence-electron chi connectivity index (χ0n) is 11.3. The van der Waals surface area contributed by atoms with Crippen LogP contribution in [0.1, 0.15) is 38.5 Å². The molecule has 0 aromatic carbocycles. The van der Waals surface area contributed by atoms with Crippen LogP contribution < -0.4 is 5.32 Å². The lowest BCUT2D eigenvalue weighted by Crippen LogP contribution is -2.49. The number of likely N-dealkylation sites (tertiary alicyclic amines) is 1. The molecular weight excluding hydrogens is 244 g/mol. The number of carbonyl (C=O) groups excluding carboxylic acids is 2. The van der Waals surface area contributed by atoms with Gasteiger partial charge in [0.05, 0.1) is 0 Å². The molecule has 1 saturated carbocycles. The number of hydrogen-bond acceptors (Lipinski definition) is 3. The first-order valence-electron chi connectivity index (χ1n) is 7.45. The zero-order chi connectivity index (χ0) is 13.2. The number of nitrogens with zero attached hydrogens (tertiary/aromatic N) is 1. The molecule has 1 N–H and O–H groups in total. The van der Waals surface area contributed by atoms with Crippen LogP contribution in [0.4, 0.5) is 0 Å². The summed E-state index contributed by atoms with van der Waals surface area (Å²) in [5.41, 5.74) is 0. The third-order valence-corrected chi connectivity index (χ3v) is 4.30. The van der Waals surface area contributed by atoms with Gasteiger partial charge in [-0.2, -0.15) is 0 Å². The first kappa shape index (κ1) is 12.9. The van der Waals surface area contributed by atoms with Gasteiger partial charge in [-0.1, -0.05) is 0 Å². The summed E-state index contributed by atoms with van der Waals surface area (Å²) in [4.78, 5) is 25.8. The molecule has 1 aliphatic carbocycles. The Morgan fingerprint density at radius 3 is 2.37 bits per heavy atom. The summed E-state index contributed by atoms with van der Waals surface area (Å²) in [6, 6.07) is 0.208. The van der Waals surface area contributed by atoms with E-state index in [4.69, 9.17) is 4.74 Å². The van der Waals surface area contributed by atoms with Gasteiger partial charge in [0.2, 0.25) is 11.8 Å². The Kier molecular flexibility index (Phi) is 3.73. The van der Waals surface area contributed by atoms with Crippen LogP contribution in [0.3, 0.4) is 0 Å². The van der Waals surface area contributed by atoms with Crippen molar-refractivity contribution in [2.75, 3.05) is 19.7 Å². The van der Waals surface area contributed by atoms with Crippen molar-refractivity contribution >= 4 is 11.8 Å². The van der Waals surface area contributed by atoms with Gasteiger partial charge in [-0.3, -0.25) is 9.59 Å². The average Bonchev–Trinajstić information content (AvgIpc) is 3.13. The van der Waals surface area contributed by atoms with E-state index < -0.39 is 0 Å². The van der Waals surface area contributed by atoms with Crippen LogP contribution >= 0.6 is 0 Å². The van der Waals surface area contributed by atoms with Gasteiger partial charge in [0.25, 0.3) is 0 Å². The lowest BCUT2D eigenvalue weighted by molar-refractivity contribution is -0.134. The summed E-state index contributed by atoms with van der Waals surface area (Å²) in [7, 11) is 0. The van der Waals surface area contributed by atoms with Crippen molar-refractivity contribution in [2.24, 2.45) is 5.92 Å². The molecule has 5 nitrogen and oxygen atoms in total. The first-order chi connectivity index (χ1) is 9.24. The molecule has 1 atom stereocenters. The highest BCUT2D eigenvalue weighted by atomic mass is 16.5. The predicted octanol–water partition coefficient (Wildman–Crippen LogP) is 0.683. The second-order valence-corrected chi connectivity index (χ2v) is 5.88. The van der Waals surface area contributed by atoms with Gasteiger partial charge in [0.1, 0.15) is 6.10 Å². The van der Waals surface area contributed by atoms with E-state index in [9.17, 15) is 9.59 Å². The van der Waals surface area contributed by atoms with Crippen LogP contribution in [-0.4, -0.2) is 48.6 Å². The van der Waals surface area contributed by atoms with Crippen LogP contribution in [0, 0.1) is 5.92 Å². The van der Waals surface area contributed by atoms with E-state index in [2.05, 4.69) is 5.32 Å². The Balaban J connectivity index is 1.42. The Hall–Kier alpha value is -1.10. The van der Waals surface area contributed by atoms with Gasteiger partial charge >= 0.3 is 0 Å². The van der Waals surface area contributed by atoms with Crippen molar-refractivity contribution in [1.29, 1.82) is 0 Å². The lowest BCUT2D eigenvalue weighted by atomic mass is 10.0. The van der Waals surface area contributed by atoms with E-state index in [1.54, 1.807) is 0 Å². The maximum atomic E-state index is 11.9. The maximum absolute atomic E-state index is 11.9. The van der Waals surface area contributed by atoms with Crippen molar-refractivity contribution in [2.45, 2.75) is 50.7 Å². The SMILES string of the molecule is O=C(NC1CCN(C(=O)C2CC2)CC1)C1CCCO1. The van der Waals surface area contributed by atoms with Gasteiger partial charge in [-0.15, -0.1) is 0 Å². The Morgan fingerprint density at radius 1 is 1.05 bits per heavy atom. The van der Waals surface area contributed by atoms with Gasteiger partial charge < -0.3 is 15.0 Å². The average molecular weight is 266 g/mol. The summed E-state index contributed by atoms with van der Waals surface area (Å²) in [6.45, 7) is 2.27. The van der Waals surface area contributed by atoms with Crippen molar-refractivity contribution in [3.05, 3.63) is 0 Å².